The Hall–Kier alpha value is -2.71. The number of rotatable bonds is 6. The second kappa shape index (κ2) is 6.72. The van der Waals surface area contributed by atoms with E-state index in [0.717, 1.165) is 16.7 Å². The smallest absolute Gasteiger partial charge is 0.327 e. The van der Waals surface area contributed by atoms with Crippen LogP contribution in [0.2, 0.25) is 0 Å². The van der Waals surface area contributed by atoms with Gasteiger partial charge < -0.3 is 14.6 Å². The number of nitrogens with one attached hydrogen (secondary N) is 1. The van der Waals surface area contributed by atoms with Gasteiger partial charge in [-0.3, -0.25) is 24.6 Å². The van der Waals surface area contributed by atoms with E-state index < -0.39 is 47.8 Å². The maximum absolute atomic E-state index is 13.1. The Labute approximate surface area is 161 Å². The van der Waals surface area contributed by atoms with Crippen LogP contribution in [0.1, 0.15) is 31.6 Å². The highest BCUT2D eigenvalue weighted by molar-refractivity contribution is 6.09. The first kappa shape index (κ1) is 18.6. The number of imide groups is 1. The summed E-state index contributed by atoms with van der Waals surface area (Å²) in [6.45, 7) is 1.38. The number of furan rings is 1. The molecule has 3 heterocycles. The number of unbranched alkanes of at least 4 members (excludes halogenated alkanes) is 1. The van der Waals surface area contributed by atoms with Gasteiger partial charge in [0, 0.05) is 11.9 Å². The fraction of sp³-hybridized carbons (Fsp3) is 0.450. The summed E-state index contributed by atoms with van der Waals surface area (Å²) in [5.74, 6) is -4.07. The minimum absolute atomic E-state index is 0.245. The minimum Gasteiger partial charge on any atom is -0.480 e. The molecule has 0 aliphatic carbocycles. The van der Waals surface area contributed by atoms with Crippen molar-refractivity contribution in [1.29, 1.82) is 0 Å². The molecule has 0 spiro atoms. The van der Waals surface area contributed by atoms with Gasteiger partial charge in [0.2, 0.25) is 11.8 Å². The maximum atomic E-state index is 13.1. The Balaban J connectivity index is 1.81. The van der Waals surface area contributed by atoms with Crippen molar-refractivity contribution in [1.82, 2.24) is 10.2 Å². The summed E-state index contributed by atoms with van der Waals surface area (Å²) < 4.78 is 5.86. The van der Waals surface area contributed by atoms with E-state index in [4.69, 9.17) is 4.42 Å². The predicted molar refractivity (Wildman–Crippen MR) is 98.2 cm³/mol. The third kappa shape index (κ3) is 2.48. The van der Waals surface area contributed by atoms with E-state index in [2.05, 4.69) is 5.32 Å². The number of aliphatic hydroxyl groups excluding tert-OH is 1. The van der Waals surface area contributed by atoms with Crippen LogP contribution in [-0.2, 0) is 14.4 Å². The van der Waals surface area contributed by atoms with Gasteiger partial charge in [-0.05, 0) is 18.6 Å². The van der Waals surface area contributed by atoms with Crippen molar-refractivity contribution in [3.63, 3.8) is 0 Å². The van der Waals surface area contributed by atoms with Gasteiger partial charge in [0.25, 0.3) is 0 Å². The highest BCUT2D eigenvalue weighted by Crippen LogP contribution is 2.49. The minimum atomic E-state index is -1.93. The maximum Gasteiger partial charge on any atom is 0.327 e. The Bertz CT molecular complexity index is 920. The Morgan fingerprint density at radius 2 is 2.04 bits per heavy atom. The summed E-state index contributed by atoms with van der Waals surface area (Å²) in [6, 6.07) is 8.21. The highest BCUT2D eigenvalue weighted by Gasteiger charge is 2.68. The van der Waals surface area contributed by atoms with Crippen LogP contribution < -0.4 is 5.32 Å². The number of carboxylic acid groups (broad SMARTS) is 1. The van der Waals surface area contributed by atoms with Crippen LogP contribution in [0.4, 0.5) is 0 Å². The number of hydrogen-bond donors (Lipinski definition) is 3. The molecule has 2 aromatic rings. The second-order valence-electron chi connectivity index (χ2n) is 7.43. The number of aliphatic hydroxyl groups is 1. The molecule has 3 N–H and O–H groups in total. The molecule has 2 amide bonds. The van der Waals surface area contributed by atoms with Crippen LogP contribution in [0.15, 0.2) is 34.7 Å². The monoisotopic (exact) mass is 386 g/mol. The number of amides is 2. The van der Waals surface area contributed by atoms with E-state index in [1.54, 1.807) is 12.1 Å². The Morgan fingerprint density at radius 1 is 1.29 bits per heavy atom. The zero-order valence-corrected chi connectivity index (χ0v) is 15.4. The Kier molecular flexibility index (Phi) is 4.47. The number of fused-ring (bicyclic) bond motifs is 2. The van der Waals surface area contributed by atoms with Crippen molar-refractivity contribution in [2.75, 3.05) is 13.2 Å². The first-order valence-electron chi connectivity index (χ1n) is 9.40. The van der Waals surface area contributed by atoms with Crippen molar-refractivity contribution in [2.24, 2.45) is 11.8 Å². The van der Waals surface area contributed by atoms with Crippen LogP contribution >= 0.6 is 0 Å². The molecule has 4 unspecified atom stereocenters. The molecule has 0 bridgehead atoms. The number of carbonyl (C=O) groups excluding carboxylic acids is 2. The van der Waals surface area contributed by atoms with Crippen molar-refractivity contribution < 1.29 is 29.0 Å². The molecular formula is C20H22N2O6. The van der Waals surface area contributed by atoms with Gasteiger partial charge in [-0.25, -0.2) is 0 Å². The predicted octanol–water partition coefficient (Wildman–Crippen LogP) is 1.29. The van der Waals surface area contributed by atoms with Gasteiger partial charge in [-0.15, -0.1) is 0 Å². The lowest BCUT2D eigenvalue weighted by Crippen LogP contribution is -2.58. The standard InChI is InChI=1S/C20H22N2O6/c1-2-3-8-22-17(24)14-15(18(22)25)20(10-23,19(26)27)21-16(14)13-9-11-6-4-5-7-12(11)28-13/h4-7,9,14-16,21,23H,2-3,8,10H2,1H3,(H,26,27). The molecular weight excluding hydrogens is 364 g/mol. The number of benzene rings is 1. The first-order valence-corrected chi connectivity index (χ1v) is 9.40. The van der Waals surface area contributed by atoms with Gasteiger partial charge in [0.1, 0.15) is 11.3 Å². The van der Waals surface area contributed by atoms with Crippen molar-refractivity contribution in [3.8, 4) is 0 Å². The number of likely N-dealkylation sites (tertiary alicyclic amines) is 1. The SMILES string of the molecule is CCCCN1C(=O)C2C(c3cc4ccccc4o3)NC(CO)(C(=O)O)C2C1=O. The summed E-state index contributed by atoms with van der Waals surface area (Å²) in [6.07, 6.45) is 1.43. The lowest BCUT2D eigenvalue weighted by Gasteiger charge is -2.28. The lowest BCUT2D eigenvalue weighted by molar-refractivity contribution is -0.153. The van der Waals surface area contributed by atoms with Gasteiger partial charge in [0.05, 0.1) is 24.5 Å². The van der Waals surface area contributed by atoms with Crippen LogP contribution in [0.25, 0.3) is 11.0 Å². The lowest BCUT2D eigenvalue weighted by atomic mass is 9.80. The zero-order valence-electron chi connectivity index (χ0n) is 15.4. The average molecular weight is 386 g/mol. The number of carbonyl (C=O) groups is 3. The largest absolute Gasteiger partial charge is 0.480 e. The van der Waals surface area contributed by atoms with Crippen LogP contribution in [0.5, 0.6) is 0 Å². The summed E-state index contributed by atoms with van der Waals surface area (Å²) >= 11 is 0. The van der Waals surface area contributed by atoms with Gasteiger partial charge in [-0.2, -0.15) is 0 Å². The van der Waals surface area contributed by atoms with E-state index >= 15 is 0 Å². The number of hydrogen-bond acceptors (Lipinski definition) is 6. The van der Waals surface area contributed by atoms with Crippen molar-refractivity contribution in [2.45, 2.75) is 31.3 Å². The molecule has 8 heteroatoms. The first-order chi connectivity index (χ1) is 13.4. The molecule has 0 saturated carbocycles. The summed E-state index contributed by atoms with van der Waals surface area (Å²) in [4.78, 5) is 39.3. The van der Waals surface area contributed by atoms with Crippen LogP contribution in [-0.4, -0.2) is 51.6 Å². The number of nitrogens with zero attached hydrogens (tertiary/aromatic N) is 1. The normalized spacial score (nSPS) is 29.6. The van der Waals surface area contributed by atoms with Crippen LogP contribution in [0, 0.1) is 11.8 Å². The quantitative estimate of drug-likeness (QED) is 0.640. The molecule has 2 aliphatic heterocycles. The number of para-hydroxylation sites is 1. The fourth-order valence-corrected chi connectivity index (χ4v) is 4.41. The summed E-state index contributed by atoms with van der Waals surface area (Å²) in [5, 5.41) is 23.5. The molecule has 4 atom stereocenters. The van der Waals surface area contributed by atoms with E-state index in [1.807, 2.05) is 25.1 Å². The molecule has 1 aromatic heterocycles. The van der Waals surface area contributed by atoms with E-state index in [-0.39, 0.29) is 6.54 Å². The van der Waals surface area contributed by atoms with Gasteiger partial charge >= 0.3 is 5.97 Å². The number of carboxylic acids is 1. The Morgan fingerprint density at radius 3 is 2.68 bits per heavy atom. The molecule has 2 aliphatic rings. The molecule has 1 aromatic carbocycles. The van der Waals surface area contributed by atoms with E-state index in [1.165, 1.54) is 0 Å². The van der Waals surface area contributed by atoms with Crippen molar-refractivity contribution >= 4 is 28.8 Å². The van der Waals surface area contributed by atoms with E-state index in [0.29, 0.717) is 17.8 Å². The molecule has 28 heavy (non-hydrogen) atoms. The molecule has 148 valence electrons. The fourth-order valence-electron chi connectivity index (χ4n) is 4.41. The summed E-state index contributed by atoms with van der Waals surface area (Å²) in [5.41, 5.74) is -1.32. The van der Waals surface area contributed by atoms with Gasteiger partial charge in [0.15, 0.2) is 5.54 Å². The van der Waals surface area contributed by atoms with Crippen LogP contribution in [0.3, 0.4) is 0 Å². The molecule has 2 saturated heterocycles. The molecule has 8 nitrogen and oxygen atoms in total. The average Bonchev–Trinajstić information content (AvgIpc) is 3.33. The summed E-state index contributed by atoms with van der Waals surface area (Å²) in [7, 11) is 0. The second-order valence-corrected chi connectivity index (χ2v) is 7.43. The van der Waals surface area contributed by atoms with Crippen molar-refractivity contribution in [3.05, 3.63) is 36.1 Å². The molecule has 4 rings (SSSR count). The third-order valence-corrected chi connectivity index (χ3v) is 5.86. The topological polar surface area (TPSA) is 120 Å². The zero-order chi connectivity index (χ0) is 20.1. The third-order valence-electron chi connectivity index (χ3n) is 5.86. The number of aliphatic carboxylic acids is 1. The highest BCUT2D eigenvalue weighted by atomic mass is 16.4. The van der Waals surface area contributed by atoms with Gasteiger partial charge in [-0.1, -0.05) is 31.5 Å². The molecule has 2 fully saturated rings. The van der Waals surface area contributed by atoms with E-state index in [9.17, 15) is 24.6 Å². The molecule has 0 radical (unpaired) electrons.